The first-order valence-electron chi connectivity index (χ1n) is 7.49. The normalized spacial score (nSPS) is 10.5. The molecule has 2 rings (SSSR count). The summed E-state index contributed by atoms with van der Waals surface area (Å²) in [6.45, 7) is 1.76. The molecule has 0 aliphatic heterocycles. The molecule has 0 radical (unpaired) electrons. The maximum atomic E-state index is 5.92. The van der Waals surface area contributed by atoms with E-state index in [-0.39, 0.29) is 0 Å². The van der Waals surface area contributed by atoms with Crippen LogP contribution < -0.4 is 20.5 Å². The van der Waals surface area contributed by atoms with Crippen LogP contribution in [0.2, 0.25) is 0 Å². The van der Waals surface area contributed by atoms with Gasteiger partial charge in [-0.1, -0.05) is 24.3 Å². The van der Waals surface area contributed by atoms with Gasteiger partial charge in [-0.05, 0) is 43.1 Å². The lowest BCUT2D eigenvalue weighted by molar-refractivity contribution is 0.407. The minimum atomic E-state index is 0.696. The SMILES string of the molecule is COc1ccc(CCCNCc2ccccc2OC)cc1N. The van der Waals surface area contributed by atoms with Gasteiger partial charge in [-0.15, -0.1) is 0 Å². The number of hydrogen-bond acceptors (Lipinski definition) is 4. The van der Waals surface area contributed by atoms with Crippen LogP contribution in [0.5, 0.6) is 11.5 Å². The number of aryl methyl sites for hydroxylation is 1. The minimum Gasteiger partial charge on any atom is -0.496 e. The Balaban J connectivity index is 1.74. The summed E-state index contributed by atoms with van der Waals surface area (Å²) in [6, 6.07) is 14.0. The van der Waals surface area contributed by atoms with Crippen molar-refractivity contribution in [1.29, 1.82) is 0 Å². The van der Waals surface area contributed by atoms with E-state index >= 15 is 0 Å². The van der Waals surface area contributed by atoms with Gasteiger partial charge in [-0.2, -0.15) is 0 Å². The molecule has 0 spiro atoms. The third-order valence-electron chi connectivity index (χ3n) is 3.62. The van der Waals surface area contributed by atoms with E-state index in [2.05, 4.69) is 17.4 Å². The van der Waals surface area contributed by atoms with E-state index in [1.807, 2.05) is 30.3 Å². The van der Waals surface area contributed by atoms with Crippen molar-refractivity contribution in [1.82, 2.24) is 5.32 Å². The molecular formula is C18H24N2O2. The molecule has 0 atom stereocenters. The van der Waals surface area contributed by atoms with Gasteiger partial charge in [0.1, 0.15) is 11.5 Å². The van der Waals surface area contributed by atoms with Crippen molar-refractivity contribution in [3.8, 4) is 11.5 Å². The lowest BCUT2D eigenvalue weighted by atomic mass is 10.1. The smallest absolute Gasteiger partial charge is 0.141 e. The summed E-state index contributed by atoms with van der Waals surface area (Å²) in [5, 5.41) is 3.45. The second kappa shape index (κ2) is 8.29. The fourth-order valence-corrected chi connectivity index (χ4v) is 2.43. The van der Waals surface area contributed by atoms with Gasteiger partial charge >= 0.3 is 0 Å². The van der Waals surface area contributed by atoms with Crippen LogP contribution in [-0.2, 0) is 13.0 Å². The molecule has 0 aliphatic carbocycles. The number of nitrogens with two attached hydrogens (primary N) is 1. The topological polar surface area (TPSA) is 56.5 Å². The summed E-state index contributed by atoms with van der Waals surface area (Å²) in [5.74, 6) is 1.66. The zero-order valence-corrected chi connectivity index (χ0v) is 13.3. The Bertz CT molecular complexity index is 599. The summed E-state index contributed by atoms with van der Waals surface area (Å²) < 4.78 is 10.5. The maximum absolute atomic E-state index is 5.92. The molecule has 4 nitrogen and oxygen atoms in total. The van der Waals surface area contributed by atoms with E-state index in [1.54, 1.807) is 14.2 Å². The van der Waals surface area contributed by atoms with Gasteiger partial charge in [0.2, 0.25) is 0 Å². The Labute approximate surface area is 132 Å². The van der Waals surface area contributed by atoms with E-state index in [9.17, 15) is 0 Å². The molecule has 0 unspecified atom stereocenters. The van der Waals surface area contributed by atoms with Crippen LogP contribution in [0.25, 0.3) is 0 Å². The predicted molar refractivity (Wildman–Crippen MR) is 90.4 cm³/mol. The molecule has 2 aromatic rings. The summed E-state index contributed by atoms with van der Waals surface area (Å²) in [4.78, 5) is 0. The van der Waals surface area contributed by atoms with Gasteiger partial charge in [-0.3, -0.25) is 0 Å². The maximum Gasteiger partial charge on any atom is 0.141 e. The van der Waals surface area contributed by atoms with Crippen molar-refractivity contribution >= 4 is 5.69 Å². The van der Waals surface area contributed by atoms with Crippen LogP contribution >= 0.6 is 0 Å². The summed E-state index contributed by atoms with van der Waals surface area (Å²) >= 11 is 0. The number of nitrogens with one attached hydrogen (secondary N) is 1. The molecule has 0 amide bonds. The van der Waals surface area contributed by atoms with Crippen molar-refractivity contribution < 1.29 is 9.47 Å². The van der Waals surface area contributed by atoms with E-state index in [1.165, 1.54) is 11.1 Å². The third kappa shape index (κ3) is 4.40. The van der Waals surface area contributed by atoms with Crippen molar-refractivity contribution in [3.05, 3.63) is 53.6 Å². The van der Waals surface area contributed by atoms with Gasteiger partial charge in [0.25, 0.3) is 0 Å². The molecule has 0 saturated carbocycles. The molecule has 0 fully saturated rings. The Morgan fingerprint density at radius 2 is 1.77 bits per heavy atom. The largest absolute Gasteiger partial charge is 0.496 e. The van der Waals surface area contributed by atoms with Crippen LogP contribution in [0.4, 0.5) is 5.69 Å². The Hall–Kier alpha value is -2.20. The van der Waals surface area contributed by atoms with Crippen molar-refractivity contribution in [3.63, 3.8) is 0 Å². The van der Waals surface area contributed by atoms with E-state index < -0.39 is 0 Å². The van der Waals surface area contributed by atoms with Gasteiger partial charge < -0.3 is 20.5 Å². The molecule has 0 saturated heterocycles. The zero-order chi connectivity index (χ0) is 15.8. The molecule has 4 heteroatoms. The number of para-hydroxylation sites is 1. The number of rotatable bonds is 8. The molecule has 3 N–H and O–H groups in total. The molecule has 118 valence electrons. The first-order valence-corrected chi connectivity index (χ1v) is 7.49. The highest BCUT2D eigenvalue weighted by Gasteiger charge is 2.02. The Morgan fingerprint density at radius 1 is 1.00 bits per heavy atom. The van der Waals surface area contributed by atoms with E-state index in [0.717, 1.165) is 37.4 Å². The van der Waals surface area contributed by atoms with Gasteiger partial charge in [0, 0.05) is 12.1 Å². The molecule has 0 aromatic heterocycles. The van der Waals surface area contributed by atoms with Crippen LogP contribution in [-0.4, -0.2) is 20.8 Å². The van der Waals surface area contributed by atoms with E-state index in [0.29, 0.717) is 5.69 Å². The highest BCUT2D eigenvalue weighted by Crippen LogP contribution is 2.22. The predicted octanol–water partition coefficient (Wildman–Crippen LogP) is 3.01. The highest BCUT2D eigenvalue weighted by atomic mass is 16.5. The third-order valence-corrected chi connectivity index (χ3v) is 3.62. The van der Waals surface area contributed by atoms with Crippen LogP contribution in [0.3, 0.4) is 0 Å². The number of hydrogen-bond donors (Lipinski definition) is 2. The molecule has 22 heavy (non-hydrogen) atoms. The molecular weight excluding hydrogens is 276 g/mol. The number of benzene rings is 2. The van der Waals surface area contributed by atoms with E-state index in [4.69, 9.17) is 15.2 Å². The molecule has 0 heterocycles. The van der Waals surface area contributed by atoms with Crippen LogP contribution in [0.1, 0.15) is 17.5 Å². The Morgan fingerprint density at radius 3 is 2.50 bits per heavy atom. The average molecular weight is 300 g/mol. The second-order valence-electron chi connectivity index (χ2n) is 5.17. The number of methoxy groups -OCH3 is 2. The number of nitrogen functional groups attached to an aromatic ring is 1. The Kier molecular flexibility index (Phi) is 6.10. The fourth-order valence-electron chi connectivity index (χ4n) is 2.43. The van der Waals surface area contributed by atoms with Crippen molar-refractivity contribution in [2.24, 2.45) is 0 Å². The average Bonchev–Trinajstić information content (AvgIpc) is 2.55. The quantitative estimate of drug-likeness (QED) is 0.581. The lowest BCUT2D eigenvalue weighted by Gasteiger charge is -2.10. The van der Waals surface area contributed by atoms with Crippen LogP contribution in [0, 0.1) is 0 Å². The summed E-state index contributed by atoms with van der Waals surface area (Å²) in [6.07, 6.45) is 2.05. The van der Waals surface area contributed by atoms with Crippen LogP contribution in [0.15, 0.2) is 42.5 Å². The van der Waals surface area contributed by atoms with Crippen molar-refractivity contribution in [2.45, 2.75) is 19.4 Å². The first-order chi connectivity index (χ1) is 10.7. The minimum absolute atomic E-state index is 0.696. The second-order valence-corrected chi connectivity index (χ2v) is 5.17. The highest BCUT2D eigenvalue weighted by molar-refractivity contribution is 5.54. The van der Waals surface area contributed by atoms with Gasteiger partial charge in [-0.25, -0.2) is 0 Å². The molecule has 0 bridgehead atoms. The fraction of sp³-hybridized carbons (Fsp3) is 0.333. The summed E-state index contributed by atoms with van der Waals surface area (Å²) in [5.41, 5.74) is 9.03. The van der Waals surface area contributed by atoms with Crippen molar-refractivity contribution in [2.75, 3.05) is 26.5 Å². The lowest BCUT2D eigenvalue weighted by Crippen LogP contribution is -2.15. The standard InChI is InChI=1S/C18H24N2O2/c1-21-17-8-4-3-7-15(17)13-20-11-5-6-14-9-10-18(22-2)16(19)12-14/h3-4,7-10,12,20H,5-6,11,13,19H2,1-2H3. The molecule has 2 aromatic carbocycles. The summed E-state index contributed by atoms with van der Waals surface area (Å²) in [7, 11) is 3.33. The first kappa shape index (κ1) is 16.2. The van der Waals surface area contributed by atoms with Gasteiger partial charge in [0.05, 0.1) is 19.9 Å². The number of ether oxygens (including phenoxy) is 2. The molecule has 0 aliphatic rings. The van der Waals surface area contributed by atoms with Gasteiger partial charge in [0.15, 0.2) is 0 Å². The number of anilines is 1. The zero-order valence-electron chi connectivity index (χ0n) is 13.3. The monoisotopic (exact) mass is 300 g/mol.